The smallest absolute Gasteiger partial charge is 0.407 e. The van der Waals surface area contributed by atoms with E-state index in [2.05, 4.69) is 25.8 Å². The topological polar surface area (TPSA) is 97.5 Å². The van der Waals surface area contributed by atoms with E-state index in [1.165, 1.54) is 0 Å². The SMILES string of the molecule is CC(C)NC(=O)OCC1(O)Cn2c3ccccc3c3c4c(c5c6ccccc6n(c5c32)C1)C(=O)NC4. The van der Waals surface area contributed by atoms with Crippen LogP contribution in [0.25, 0.3) is 43.6 Å². The first-order chi connectivity index (χ1) is 17.4. The largest absolute Gasteiger partial charge is 0.446 e. The number of hydrogen-bond acceptors (Lipinski definition) is 4. The summed E-state index contributed by atoms with van der Waals surface area (Å²) in [5.41, 5.74) is 4.19. The van der Waals surface area contributed by atoms with Gasteiger partial charge in [-0.2, -0.15) is 0 Å². The van der Waals surface area contributed by atoms with E-state index in [1.54, 1.807) is 0 Å². The van der Waals surface area contributed by atoms with E-state index < -0.39 is 11.7 Å². The van der Waals surface area contributed by atoms with Gasteiger partial charge in [0.2, 0.25) is 0 Å². The zero-order valence-corrected chi connectivity index (χ0v) is 20.1. The Kier molecular flexibility index (Phi) is 4.27. The molecule has 0 spiro atoms. The number of nitrogens with one attached hydrogen (secondary N) is 2. The zero-order chi connectivity index (χ0) is 24.8. The van der Waals surface area contributed by atoms with E-state index in [9.17, 15) is 14.7 Å². The summed E-state index contributed by atoms with van der Waals surface area (Å²) in [5, 5.41) is 21.7. The molecule has 0 aliphatic carbocycles. The molecule has 3 N–H and O–H groups in total. The maximum atomic E-state index is 13.2. The molecular formula is C28H26N4O4. The number of aliphatic hydroxyl groups is 1. The van der Waals surface area contributed by atoms with Crippen LogP contribution in [0.4, 0.5) is 4.79 Å². The normalized spacial score (nSPS) is 18.9. The third-order valence-corrected chi connectivity index (χ3v) is 7.46. The van der Waals surface area contributed by atoms with Gasteiger partial charge >= 0.3 is 6.09 Å². The molecule has 0 bridgehead atoms. The molecule has 4 heterocycles. The van der Waals surface area contributed by atoms with E-state index in [0.29, 0.717) is 12.1 Å². The summed E-state index contributed by atoms with van der Waals surface area (Å²) in [4.78, 5) is 25.5. The van der Waals surface area contributed by atoms with Crippen molar-refractivity contribution in [3.63, 3.8) is 0 Å². The van der Waals surface area contributed by atoms with Gasteiger partial charge in [0.1, 0.15) is 12.2 Å². The molecule has 8 nitrogen and oxygen atoms in total. The second-order valence-corrected chi connectivity index (χ2v) is 10.3. The number of aromatic nitrogens is 2. The number of ether oxygens (including phenoxy) is 1. The van der Waals surface area contributed by atoms with Gasteiger partial charge in [-0.05, 0) is 31.5 Å². The van der Waals surface area contributed by atoms with Gasteiger partial charge < -0.3 is 29.6 Å². The zero-order valence-electron chi connectivity index (χ0n) is 20.1. The minimum atomic E-state index is -1.37. The van der Waals surface area contributed by atoms with Gasteiger partial charge in [0.25, 0.3) is 5.91 Å². The third-order valence-electron chi connectivity index (χ3n) is 7.46. The van der Waals surface area contributed by atoms with E-state index >= 15 is 0 Å². The maximum Gasteiger partial charge on any atom is 0.407 e. The molecule has 2 amide bonds. The average Bonchev–Trinajstić information content (AvgIpc) is 3.45. The van der Waals surface area contributed by atoms with Crippen LogP contribution in [0.3, 0.4) is 0 Å². The van der Waals surface area contributed by atoms with Crippen molar-refractivity contribution < 1.29 is 19.4 Å². The lowest BCUT2D eigenvalue weighted by Crippen LogP contribution is -2.44. The van der Waals surface area contributed by atoms with Crippen molar-refractivity contribution in [2.24, 2.45) is 0 Å². The molecule has 2 aliphatic rings. The van der Waals surface area contributed by atoms with Crippen LogP contribution in [-0.4, -0.2) is 44.5 Å². The van der Waals surface area contributed by atoms with Gasteiger partial charge in [-0.25, -0.2) is 4.79 Å². The second kappa shape index (κ2) is 7.24. The van der Waals surface area contributed by atoms with Gasteiger partial charge in [0.05, 0.1) is 29.7 Å². The Morgan fingerprint density at radius 2 is 1.61 bits per heavy atom. The molecule has 1 atom stereocenters. The maximum absolute atomic E-state index is 13.2. The molecule has 5 aromatic rings. The first kappa shape index (κ1) is 21.3. The highest BCUT2D eigenvalue weighted by Gasteiger charge is 2.39. The molecule has 0 radical (unpaired) electrons. The minimum Gasteiger partial charge on any atom is -0.446 e. The number of carbonyl (C=O) groups is 2. The lowest BCUT2D eigenvalue weighted by molar-refractivity contribution is -0.0425. The number of para-hydroxylation sites is 2. The molecule has 7 rings (SSSR count). The van der Waals surface area contributed by atoms with Crippen LogP contribution in [0.15, 0.2) is 48.5 Å². The van der Waals surface area contributed by atoms with Crippen LogP contribution in [-0.2, 0) is 24.4 Å². The molecule has 0 saturated carbocycles. The number of fused-ring (bicyclic) bond motifs is 9. The molecule has 2 aromatic heterocycles. The third kappa shape index (κ3) is 2.79. The van der Waals surface area contributed by atoms with Crippen molar-refractivity contribution in [3.8, 4) is 0 Å². The first-order valence-electron chi connectivity index (χ1n) is 12.3. The van der Waals surface area contributed by atoms with E-state index in [4.69, 9.17) is 4.74 Å². The molecule has 8 heteroatoms. The van der Waals surface area contributed by atoms with Gasteiger partial charge in [-0.1, -0.05) is 36.4 Å². The van der Waals surface area contributed by atoms with Gasteiger partial charge in [-0.15, -0.1) is 0 Å². The lowest BCUT2D eigenvalue weighted by atomic mass is 9.97. The fourth-order valence-corrected chi connectivity index (χ4v) is 6.15. The Balaban J connectivity index is 1.57. The number of carbonyl (C=O) groups excluding carboxylic acids is 2. The summed E-state index contributed by atoms with van der Waals surface area (Å²) < 4.78 is 9.77. The number of nitrogens with zero attached hydrogens (tertiary/aromatic N) is 2. The molecule has 182 valence electrons. The molecule has 1 unspecified atom stereocenters. The summed E-state index contributed by atoms with van der Waals surface area (Å²) in [7, 11) is 0. The van der Waals surface area contributed by atoms with E-state index in [1.807, 2.05) is 56.3 Å². The molecule has 2 aliphatic heterocycles. The van der Waals surface area contributed by atoms with Crippen LogP contribution in [0.1, 0.15) is 29.8 Å². The van der Waals surface area contributed by atoms with Crippen molar-refractivity contribution in [1.29, 1.82) is 0 Å². The monoisotopic (exact) mass is 482 g/mol. The standard InChI is InChI=1S/C28H26N4O4/c1-15(2)30-27(34)36-14-28(35)12-31-19-9-5-3-7-16(19)21-18-11-29-26(33)23(18)22-17-8-4-6-10-20(17)32(13-28)25(22)24(21)31/h3-10,15,35H,11-14H2,1-2H3,(H,29,33)(H,30,34). The Hall–Kier alpha value is -4.04. The molecule has 36 heavy (non-hydrogen) atoms. The highest BCUT2D eigenvalue weighted by Crippen LogP contribution is 2.46. The predicted octanol–water partition coefficient (Wildman–Crippen LogP) is 4.03. The Morgan fingerprint density at radius 1 is 1.03 bits per heavy atom. The van der Waals surface area contributed by atoms with E-state index in [0.717, 1.165) is 49.2 Å². The van der Waals surface area contributed by atoms with Crippen molar-refractivity contribution in [2.45, 2.75) is 45.1 Å². The number of hydrogen-bond donors (Lipinski definition) is 3. The summed E-state index contributed by atoms with van der Waals surface area (Å²) >= 11 is 0. The van der Waals surface area contributed by atoms with Crippen LogP contribution in [0.5, 0.6) is 0 Å². The molecular weight excluding hydrogens is 456 g/mol. The van der Waals surface area contributed by atoms with Crippen LogP contribution in [0.2, 0.25) is 0 Å². The van der Waals surface area contributed by atoms with Crippen LogP contribution < -0.4 is 10.6 Å². The van der Waals surface area contributed by atoms with Crippen LogP contribution in [0, 0.1) is 0 Å². The van der Waals surface area contributed by atoms with Crippen LogP contribution >= 0.6 is 0 Å². The Labute approximate surface area is 206 Å². The fraction of sp³-hybridized carbons (Fsp3) is 0.286. The van der Waals surface area contributed by atoms with Gasteiger partial charge in [0, 0.05) is 45.2 Å². The number of benzene rings is 3. The van der Waals surface area contributed by atoms with Gasteiger partial charge in [0.15, 0.2) is 0 Å². The van der Waals surface area contributed by atoms with Crippen molar-refractivity contribution in [1.82, 2.24) is 19.8 Å². The van der Waals surface area contributed by atoms with Gasteiger partial charge in [-0.3, -0.25) is 4.79 Å². The molecule has 0 saturated heterocycles. The summed E-state index contributed by atoms with van der Waals surface area (Å²) in [6, 6.07) is 16.0. The summed E-state index contributed by atoms with van der Waals surface area (Å²) in [6.45, 7) is 4.49. The fourth-order valence-electron chi connectivity index (χ4n) is 6.15. The Bertz CT molecular complexity index is 1760. The van der Waals surface area contributed by atoms with Crippen molar-refractivity contribution in [3.05, 3.63) is 59.7 Å². The highest BCUT2D eigenvalue weighted by molar-refractivity contribution is 6.30. The van der Waals surface area contributed by atoms with Crippen molar-refractivity contribution in [2.75, 3.05) is 6.61 Å². The number of amides is 2. The quantitative estimate of drug-likeness (QED) is 0.362. The number of rotatable bonds is 3. The predicted molar refractivity (Wildman–Crippen MR) is 138 cm³/mol. The average molecular weight is 483 g/mol. The second-order valence-electron chi connectivity index (χ2n) is 10.3. The van der Waals surface area contributed by atoms with E-state index in [-0.39, 0.29) is 31.6 Å². The lowest BCUT2D eigenvalue weighted by Gasteiger charge is -2.28. The summed E-state index contributed by atoms with van der Waals surface area (Å²) in [5.74, 6) is -0.0696. The molecule has 0 fully saturated rings. The first-order valence-corrected chi connectivity index (χ1v) is 12.3. The van der Waals surface area contributed by atoms with Crippen molar-refractivity contribution >= 4 is 55.6 Å². The molecule has 3 aromatic carbocycles. The minimum absolute atomic E-state index is 0.0694. The highest BCUT2D eigenvalue weighted by atomic mass is 16.6. The number of alkyl carbamates (subject to hydrolysis) is 1. The summed E-state index contributed by atoms with van der Waals surface area (Å²) in [6.07, 6.45) is -0.555. The Morgan fingerprint density at radius 3 is 2.25 bits per heavy atom.